The van der Waals surface area contributed by atoms with E-state index in [-0.39, 0.29) is 5.91 Å². The second-order valence-corrected chi connectivity index (χ2v) is 4.72. The molecule has 1 aromatic carbocycles. The van der Waals surface area contributed by atoms with Crippen LogP contribution in [-0.2, 0) is 17.2 Å². The summed E-state index contributed by atoms with van der Waals surface area (Å²) in [6, 6.07) is 5.52. The van der Waals surface area contributed by atoms with Crippen molar-refractivity contribution < 1.29 is 4.79 Å². The third-order valence-corrected chi connectivity index (χ3v) is 3.19. The molecule has 2 aromatic rings. The quantitative estimate of drug-likeness (QED) is 0.859. The minimum atomic E-state index is -0.296. The molecule has 2 rings (SSSR count). The van der Waals surface area contributed by atoms with Crippen molar-refractivity contribution in [3.05, 3.63) is 29.0 Å². The molecule has 1 amide bonds. The molecule has 0 radical (unpaired) electrons. The molecule has 4 nitrogen and oxygen atoms in total. The van der Waals surface area contributed by atoms with E-state index in [1.807, 2.05) is 16.7 Å². The van der Waals surface area contributed by atoms with Crippen molar-refractivity contribution in [3.8, 4) is 0 Å². The van der Waals surface area contributed by atoms with E-state index >= 15 is 0 Å². The van der Waals surface area contributed by atoms with Gasteiger partial charge in [-0.2, -0.15) is 0 Å². The lowest BCUT2D eigenvalue weighted by Crippen LogP contribution is -2.12. The second kappa shape index (κ2) is 5.59. The Morgan fingerprint density at radius 3 is 2.89 bits per heavy atom. The van der Waals surface area contributed by atoms with Crippen LogP contribution in [0.15, 0.2) is 18.2 Å². The Kier molecular flexibility index (Phi) is 4.09. The van der Waals surface area contributed by atoms with Crippen LogP contribution >= 0.6 is 23.2 Å². The van der Waals surface area contributed by atoms with Crippen LogP contribution in [0.1, 0.15) is 18.7 Å². The first kappa shape index (κ1) is 13.2. The van der Waals surface area contributed by atoms with E-state index in [1.54, 1.807) is 6.07 Å². The normalized spacial score (nSPS) is 11.0. The number of hydrogen-bond acceptors (Lipinski definition) is 2. The van der Waals surface area contributed by atoms with Gasteiger partial charge in [0.05, 0.1) is 16.9 Å². The van der Waals surface area contributed by atoms with Crippen LogP contribution < -0.4 is 5.73 Å². The number of benzene rings is 1. The van der Waals surface area contributed by atoms with E-state index in [0.717, 1.165) is 16.9 Å². The monoisotopic (exact) mass is 285 g/mol. The Bertz CT molecular complexity index is 580. The minimum absolute atomic E-state index is 0.296. The lowest BCUT2D eigenvalue weighted by Gasteiger charge is -2.06. The fraction of sp³-hybridized carbons (Fsp3) is 0.333. The second-order valence-electron chi connectivity index (χ2n) is 4.02. The number of rotatable bonds is 5. The number of imidazole rings is 1. The first-order valence-corrected chi connectivity index (χ1v) is 6.52. The summed E-state index contributed by atoms with van der Waals surface area (Å²) in [6.45, 7) is 0.670. The van der Waals surface area contributed by atoms with Crippen molar-refractivity contribution in [1.82, 2.24) is 9.55 Å². The average molecular weight is 286 g/mol. The van der Waals surface area contributed by atoms with Gasteiger partial charge in [-0.25, -0.2) is 4.98 Å². The highest BCUT2D eigenvalue weighted by Gasteiger charge is 2.10. The Morgan fingerprint density at radius 2 is 2.22 bits per heavy atom. The zero-order valence-corrected chi connectivity index (χ0v) is 11.2. The Labute approximate surface area is 115 Å². The maximum atomic E-state index is 10.7. The number of hydrogen-bond donors (Lipinski definition) is 1. The number of aromatic nitrogens is 2. The minimum Gasteiger partial charge on any atom is -0.370 e. The van der Waals surface area contributed by atoms with Gasteiger partial charge >= 0.3 is 0 Å². The van der Waals surface area contributed by atoms with E-state index in [2.05, 4.69) is 4.98 Å². The molecule has 0 unspecified atom stereocenters. The molecule has 96 valence electrons. The van der Waals surface area contributed by atoms with Crippen LogP contribution in [0.2, 0.25) is 5.02 Å². The molecule has 0 saturated carbocycles. The first-order chi connectivity index (χ1) is 8.61. The average Bonchev–Trinajstić information content (AvgIpc) is 2.66. The molecule has 0 aliphatic rings. The molecule has 0 saturated heterocycles. The number of amides is 1. The largest absolute Gasteiger partial charge is 0.370 e. The molecular weight excluding hydrogens is 273 g/mol. The first-order valence-electron chi connectivity index (χ1n) is 5.60. The number of aryl methyl sites for hydroxylation is 1. The topological polar surface area (TPSA) is 60.9 Å². The van der Waals surface area contributed by atoms with Crippen molar-refractivity contribution >= 4 is 40.1 Å². The lowest BCUT2D eigenvalue weighted by atomic mass is 10.2. The van der Waals surface area contributed by atoms with Gasteiger partial charge in [-0.1, -0.05) is 11.6 Å². The van der Waals surface area contributed by atoms with Gasteiger partial charge in [0, 0.05) is 18.0 Å². The van der Waals surface area contributed by atoms with Gasteiger partial charge in [0.25, 0.3) is 0 Å². The number of carbonyl (C=O) groups is 1. The summed E-state index contributed by atoms with van der Waals surface area (Å²) in [7, 11) is 0. The molecular formula is C12H13Cl2N3O. The van der Waals surface area contributed by atoms with Crippen LogP contribution in [0.25, 0.3) is 11.0 Å². The van der Waals surface area contributed by atoms with Gasteiger partial charge in [-0.05, 0) is 24.6 Å². The molecule has 0 aliphatic carbocycles. The van der Waals surface area contributed by atoms with Crippen LogP contribution in [-0.4, -0.2) is 15.5 Å². The van der Waals surface area contributed by atoms with E-state index in [9.17, 15) is 4.79 Å². The third kappa shape index (κ3) is 2.76. The molecule has 0 bridgehead atoms. The van der Waals surface area contributed by atoms with Crippen molar-refractivity contribution in [1.29, 1.82) is 0 Å². The maximum Gasteiger partial charge on any atom is 0.217 e. The van der Waals surface area contributed by atoms with E-state index in [4.69, 9.17) is 28.9 Å². The van der Waals surface area contributed by atoms with Gasteiger partial charge in [0.2, 0.25) is 5.91 Å². The Hall–Kier alpha value is -1.26. The summed E-state index contributed by atoms with van der Waals surface area (Å²) < 4.78 is 2.00. The summed E-state index contributed by atoms with van der Waals surface area (Å²) in [6.07, 6.45) is 1.03. The fourth-order valence-electron chi connectivity index (χ4n) is 1.92. The van der Waals surface area contributed by atoms with Gasteiger partial charge in [0.15, 0.2) is 0 Å². The lowest BCUT2D eigenvalue weighted by molar-refractivity contribution is -0.118. The standard InChI is InChI=1S/C12H13Cl2N3O/c13-7-12-16-9-6-8(14)3-4-10(9)17(12)5-1-2-11(15)18/h3-4,6H,1-2,5,7H2,(H2,15,18). The van der Waals surface area contributed by atoms with Crippen LogP contribution in [0, 0.1) is 0 Å². The zero-order chi connectivity index (χ0) is 13.1. The molecule has 0 spiro atoms. The molecule has 0 fully saturated rings. The number of fused-ring (bicyclic) bond motifs is 1. The highest BCUT2D eigenvalue weighted by atomic mass is 35.5. The fourth-order valence-corrected chi connectivity index (χ4v) is 2.29. The Morgan fingerprint density at radius 1 is 1.44 bits per heavy atom. The number of alkyl halides is 1. The number of nitrogens with zero attached hydrogens (tertiary/aromatic N) is 2. The molecule has 18 heavy (non-hydrogen) atoms. The van der Waals surface area contributed by atoms with Gasteiger partial charge in [-0.3, -0.25) is 4.79 Å². The van der Waals surface area contributed by atoms with Gasteiger partial charge in [-0.15, -0.1) is 11.6 Å². The van der Waals surface area contributed by atoms with E-state index in [0.29, 0.717) is 30.3 Å². The number of nitrogens with two attached hydrogens (primary N) is 1. The summed E-state index contributed by atoms with van der Waals surface area (Å²) in [5.41, 5.74) is 6.92. The van der Waals surface area contributed by atoms with Crippen LogP contribution in [0.3, 0.4) is 0 Å². The molecule has 6 heteroatoms. The SMILES string of the molecule is NC(=O)CCCn1c(CCl)nc2cc(Cl)ccc21. The highest BCUT2D eigenvalue weighted by molar-refractivity contribution is 6.31. The third-order valence-electron chi connectivity index (χ3n) is 2.71. The summed E-state index contributed by atoms with van der Waals surface area (Å²) in [5, 5.41) is 0.644. The molecule has 2 N–H and O–H groups in total. The highest BCUT2D eigenvalue weighted by Crippen LogP contribution is 2.22. The number of halogens is 2. The van der Waals surface area contributed by atoms with Crippen molar-refractivity contribution in [3.63, 3.8) is 0 Å². The molecule has 1 aromatic heterocycles. The Balaban J connectivity index is 2.31. The summed E-state index contributed by atoms with van der Waals surface area (Å²) >= 11 is 11.8. The predicted octanol–water partition coefficient (Wildman–Crippen LogP) is 2.69. The van der Waals surface area contributed by atoms with Crippen molar-refractivity contribution in [2.75, 3.05) is 0 Å². The molecule has 0 atom stereocenters. The van der Waals surface area contributed by atoms with Crippen LogP contribution in [0.5, 0.6) is 0 Å². The molecule has 0 aliphatic heterocycles. The zero-order valence-electron chi connectivity index (χ0n) is 9.70. The smallest absolute Gasteiger partial charge is 0.217 e. The predicted molar refractivity (Wildman–Crippen MR) is 72.7 cm³/mol. The van der Waals surface area contributed by atoms with E-state index < -0.39 is 0 Å². The van der Waals surface area contributed by atoms with Gasteiger partial charge < -0.3 is 10.3 Å². The van der Waals surface area contributed by atoms with Crippen molar-refractivity contribution in [2.45, 2.75) is 25.3 Å². The van der Waals surface area contributed by atoms with Crippen molar-refractivity contribution in [2.24, 2.45) is 5.73 Å². The number of carbonyl (C=O) groups excluding carboxylic acids is 1. The van der Waals surface area contributed by atoms with E-state index in [1.165, 1.54) is 0 Å². The summed E-state index contributed by atoms with van der Waals surface area (Å²) in [5.74, 6) is 0.802. The van der Waals surface area contributed by atoms with Crippen LogP contribution in [0.4, 0.5) is 0 Å². The number of primary amides is 1. The summed E-state index contributed by atoms with van der Waals surface area (Å²) in [4.78, 5) is 15.2. The maximum absolute atomic E-state index is 10.7. The molecule has 1 heterocycles. The van der Waals surface area contributed by atoms with Gasteiger partial charge in [0.1, 0.15) is 5.82 Å².